The van der Waals surface area contributed by atoms with E-state index in [1.54, 1.807) is 26.8 Å². The van der Waals surface area contributed by atoms with Crippen molar-refractivity contribution in [2.75, 3.05) is 11.9 Å². The van der Waals surface area contributed by atoms with Gasteiger partial charge in [-0.1, -0.05) is 20.8 Å². The molecule has 0 spiro atoms. The van der Waals surface area contributed by atoms with Crippen molar-refractivity contribution in [1.82, 2.24) is 4.57 Å². The molecule has 0 bridgehead atoms. The molecule has 33 heavy (non-hydrogen) atoms. The van der Waals surface area contributed by atoms with Crippen molar-refractivity contribution in [3.8, 4) is 6.07 Å². The van der Waals surface area contributed by atoms with Crippen molar-refractivity contribution in [1.29, 1.82) is 5.26 Å². The van der Waals surface area contributed by atoms with Gasteiger partial charge in [-0.2, -0.15) is 5.26 Å². The van der Waals surface area contributed by atoms with Gasteiger partial charge in [-0.05, 0) is 68.6 Å². The number of fused-ring (bicyclic) bond motifs is 1. The Hall–Kier alpha value is -2.92. The van der Waals surface area contributed by atoms with E-state index in [1.165, 1.54) is 15.9 Å². The number of rotatable bonds is 5. The van der Waals surface area contributed by atoms with Gasteiger partial charge in [-0.25, -0.2) is 4.79 Å². The van der Waals surface area contributed by atoms with Gasteiger partial charge in [0.25, 0.3) is 5.56 Å². The number of nitriles is 1. The van der Waals surface area contributed by atoms with E-state index in [0.29, 0.717) is 27.7 Å². The standard InChI is InChI=1S/C25H31N3O4S/c1-7-32-24(31)21-17-9-8-16(25(4,5)6)11-19(17)33-22(21)27-20(29)13-28-15(3)10-14(2)18(12-26)23(28)30/h10,16H,7-9,11,13H2,1-6H3,(H,27,29)/t16-/m0/s1. The predicted octanol–water partition coefficient (Wildman–Crippen LogP) is 4.36. The first-order valence-electron chi connectivity index (χ1n) is 11.2. The quantitative estimate of drug-likeness (QED) is 0.656. The first kappa shape index (κ1) is 24.7. The first-order valence-corrected chi connectivity index (χ1v) is 12.0. The third-order valence-corrected chi connectivity index (χ3v) is 7.51. The fraction of sp³-hybridized carbons (Fsp3) is 0.520. The van der Waals surface area contributed by atoms with E-state index in [9.17, 15) is 19.6 Å². The third-order valence-electron chi connectivity index (χ3n) is 6.34. The average molecular weight is 470 g/mol. The monoisotopic (exact) mass is 469 g/mol. The topological polar surface area (TPSA) is 101 Å². The number of hydrogen-bond acceptors (Lipinski definition) is 6. The average Bonchev–Trinajstić information content (AvgIpc) is 3.07. The van der Waals surface area contributed by atoms with Gasteiger partial charge in [0.15, 0.2) is 0 Å². The zero-order valence-corrected chi connectivity index (χ0v) is 20.9. The molecule has 1 N–H and O–H groups in total. The summed E-state index contributed by atoms with van der Waals surface area (Å²) in [4.78, 5) is 39.5. The van der Waals surface area contributed by atoms with Crippen molar-refractivity contribution in [2.45, 2.75) is 67.3 Å². The lowest BCUT2D eigenvalue weighted by atomic mass is 9.72. The maximum absolute atomic E-state index is 12.9. The van der Waals surface area contributed by atoms with E-state index < -0.39 is 17.4 Å². The van der Waals surface area contributed by atoms with Gasteiger partial charge in [0, 0.05) is 10.6 Å². The molecule has 2 aromatic heterocycles. The molecule has 2 aromatic rings. The maximum atomic E-state index is 12.9. The molecule has 0 saturated heterocycles. The lowest BCUT2D eigenvalue weighted by Gasteiger charge is -2.33. The van der Waals surface area contributed by atoms with Crippen molar-refractivity contribution in [3.05, 3.63) is 49.2 Å². The fourth-order valence-corrected chi connectivity index (χ4v) is 5.73. The number of esters is 1. The Morgan fingerprint density at radius 3 is 2.64 bits per heavy atom. The van der Waals surface area contributed by atoms with Gasteiger partial charge in [-0.3, -0.25) is 9.59 Å². The van der Waals surface area contributed by atoms with Gasteiger partial charge in [0.2, 0.25) is 5.91 Å². The number of hydrogen-bond donors (Lipinski definition) is 1. The summed E-state index contributed by atoms with van der Waals surface area (Å²) in [5.41, 5.74) is 2.26. The molecule has 1 aliphatic carbocycles. The van der Waals surface area contributed by atoms with Gasteiger partial charge in [-0.15, -0.1) is 11.3 Å². The molecule has 1 amide bonds. The van der Waals surface area contributed by atoms with Gasteiger partial charge < -0.3 is 14.6 Å². The SMILES string of the molecule is CCOC(=O)c1c(NC(=O)Cn2c(C)cc(C)c(C#N)c2=O)sc2c1CC[C@H](C(C)(C)C)C2. The van der Waals surface area contributed by atoms with Crippen molar-refractivity contribution in [2.24, 2.45) is 11.3 Å². The number of nitrogens with one attached hydrogen (secondary N) is 1. The van der Waals surface area contributed by atoms with Crippen LogP contribution < -0.4 is 10.9 Å². The highest BCUT2D eigenvalue weighted by molar-refractivity contribution is 7.17. The number of thiophene rings is 1. The summed E-state index contributed by atoms with van der Waals surface area (Å²) in [5.74, 6) is -0.375. The first-order chi connectivity index (χ1) is 15.5. The number of carbonyl (C=O) groups excluding carboxylic acids is 2. The van der Waals surface area contributed by atoms with Crippen LogP contribution in [0.2, 0.25) is 0 Å². The van der Waals surface area contributed by atoms with Crippen molar-refractivity contribution in [3.63, 3.8) is 0 Å². The van der Waals surface area contributed by atoms with Crippen LogP contribution in [-0.4, -0.2) is 23.1 Å². The molecule has 2 heterocycles. The number of aryl methyl sites for hydroxylation is 2. The van der Waals surface area contributed by atoms with E-state index in [0.717, 1.165) is 29.7 Å². The minimum atomic E-state index is -0.491. The summed E-state index contributed by atoms with van der Waals surface area (Å²) in [6.07, 6.45) is 2.59. The molecule has 7 nitrogen and oxygen atoms in total. The summed E-state index contributed by atoms with van der Waals surface area (Å²) in [6, 6.07) is 3.63. The number of aromatic nitrogens is 1. The molecule has 0 saturated carbocycles. The molecule has 8 heteroatoms. The van der Waals surface area contributed by atoms with Crippen LogP contribution in [-0.2, 0) is 28.9 Å². The lowest BCUT2D eigenvalue weighted by Crippen LogP contribution is -2.31. The number of ether oxygens (including phenoxy) is 1. The Kier molecular flexibility index (Phi) is 7.13. The molecule has 1 aliphatic rings. The molecular formula is C25H31N3O4S. The Morgan fingerprint density at radius 2 is 2.03 bits per heavy atom. The van der Waals surface area contributed by atoms with Gasteiger partial charge in [0.05, 0.1) is 12.2 Å². The summed E-state index contributed by atoms with van der Waals surface area (Å²) >= 11 is 1.42. The highest BCUT2D eigenvalue weighted by atomic mass is 32.1. The van der Waals surface area contributed by atoms with Crippen LogP contribution in [0.4, 0.5) is 5.00 Å². The second-order valence-corrected chi connectivity index (χ2v) is 10.7. The van der Waals surface area contributed by atoms with Gasteiger partial charge in [0.1, 0.15) is 23.2 Å². The van der Waals surface area contributed by atoms with Crippen molar-refractivity contribution >= 4 is 28.2 Å². The predicted molar refractivity (Wildman–Crippen MR) is 129 cm³/mol. The maximum Gasteiger partial charge on any atom is 0.341 e. The number of anilines is 1. The van der Waals surface area contributed by atoms with Crippen molar-refractivity contribution < 1.29 is 14.3 Å². The fourth-order valence-electron chi connectivity index (χ4n) is 4.40. The van der Waals surface area contributed by atoms with Gasteiger partial charge >= 0.3 is 5.97 Å². The Balaban J connectivity index is 1.93. The summed E-state index contributed by atoms with van der Waals surface area (Å²) < 4.78 is 6.58. The second kappa shape index (κ2) is 9.52. The van der Waals surface area contributed by atoms with Crippen LogP contribution in [0.1, 0.15) is 71.7 Å². The summed E-state index contributed by atoms with van der Waals surface area (Å²) in [5, 5.41) is 12.6. The van der Waals surface area contributed by atoms with E-state index in [4.69, 9.17) is 4.74 Å². The molecule has 0 unspecified atom stereocenters. The molecule has 0 fully saturated rings. The lowest BCUT2D eigenvalue weighted by molar-refractivity contribution is -0.116. The zero-order valence-electron chi connectivity index (χ0n) is 20.1. The largest absolute Gasteiger partial charge is 0.462 e. The van der Waals surface area contributed by atoms with Crippen LogP contribution in [0.5, 0.6) is 0 Å². The minimum Gasteiger partial charge on any atom is -0.462 e. The van der Waals surface area contributed by atoms with E-state index in [-0.39, 0.29) is 24.1 Å². The Bertz CT molecular complexity index is 1190. The molecule has 3 rings (SSSR count). The minimum absolute atomic E-state index is 0.0282. The number of amides is 1. The summed E-state index contributed by atoms with van der Waals surface area (Å²) in [6.45, 7) is 11.9. The molecule has 0 radical (unpaired) electrons. The third kappa shape index (κ3) is 5.03. The van der Waals surface area contributed by atoms with Crippen LogP contribution in [0.25, 0.3) is 0 Å². The molecule has 0 aromatic carbocycles. The molecule has 176 valence electrons. The van der Waals surface area contributed by atoms with E-state index in [1.807, 2.05) is 6.07 Å². The smallest absolute Gasteiger partial charge is 0.341 e. The molecule has 0 aliphatic heterocycles. The highest BCUT2D eigenvalue weighted by Crippen LogP contribution is 2.44. The number of pyridine rings is 1. The van der Waals surface area contributed by atoms with Crippen LogP contribution in [0.15, 0.2) is 10.9 Å². The molecular weight excluding hydrogens is 438 g/mol. The Morgan fingerprint density at radius 1 is 1.33 bits per heavy atom. The Labute approximate surface area is 198 Å². The van der Waals surface area contributed by atoms with Crippen LogP contribution in [0, 0.1) is 36.5 Å². The van der Waals surface area contributed by atoms with E-state index in [2.05, 4.69) is 26.1 Å². The van der Waals surface area contributed by atoms with Crippen LogP contribution in [0.3, 0.4) is 0 Å². The second-order valence-electron chi connectivity index (χ2n) is 9.63. The highest BCUT2D eigenvalue weighted by Gasteiger charge is 2.34. The number of carbonyl (C=O) groups is 2. The number of nitrogens with zero attached hydrogens (tertiary/aromatic N) is 2. The van der Waals surface area contributed by atoms with Crippen LogP contribution >= 0.6 is 11.3 Å². The van der Waals surface area contributed by atoms with E-state index >= 15 is 0 Å². The molecule has 1 atom stereocenters. The normalized spacial score (nSPS) is 15.5. The summed E-state index contributed by atoms with van der Waals surface area (Å²) in [7, 11) is 0. The zero-order chi connectivity index (χ0) is 24.5.